The molecule has 0 radical (unpaired) electrons. The van der Waals surface area contributed by atoms with Crippen LogP contribution in [0.25, 0.3) is 10.4 Å². The van der Waals surface area contributed by atoms with Crippen molar-refractivity contribution in [2.45, 2.75) is 32.1 Å². The molecule has 0 bridgehead atoms. The molecule has 0 spiro atoms. The van der Waals surface area contributed by atoms with E-state index in [9.17, 15) is 9.59 Å². The van der Waals surface area contributed by atoms with Gasteiger partial charge in [-0.25, -0.2) is 0 Å². The zero-order valence-corrected chi connectivity index (χ0v) is 12.4. The molecule has 1 amide bonds. The second-order valence-electron chi connectivity index (χ2n) is 4.26. The van der Waals surface area contributed by atoms with Gasteiger partial charge in [0.25, 0.3) is 0 Å². The van der Waals surface area contributed by atoms with Crippen LogP contribution in [0, 0.1) is 0 Å². The topological polar surface area (TPSA) is 82.9 Å². The molecular weight excluding hydrogens is 318 g/mol. The summed E-state index contributed by atoms with van der Waals surface area (Å²) in [6.45, 7) is 3.65. The van der Waals surface area contributed by atoms with Crippen molar-refractivity contribution in [2.75, 3.05) is 0 Å². The normalized spacial score (nSPS) is 10.8. The van der Waals surface area contributed by atoms with Gasteiger partial charge in [0, 0.05) is 32.5 Å². The first-order valence-electron chi connectivity index (χ1n) is 5.23. The lowest BCUT2D eigenvalue weighted by Crippen LogP contribution is -2.28. The number of carbonyl (C=O) groups excluding carboxylic acids is 2. The summed E-state index contributed by atoms with van der Waals surface area (Å²) in [7, 11) is 0. The van der Waals surface area contributed by atoms with Crippen molar-refractivity contribution < 1.29 is 9.59 Å². The fourth-order valence-electron chi connectivity index (χ4n) is 1.41. The van der Waals surface area contributed by atoms with Gasteiger partial charge in [-0.1, -0.05) is 0 Å². The van der Waals surface area contributed by atoms with E-state index in [1.54, 1.807) is 0 Å². The average Bonchev–Trinajstić information content (AvgIpc) is 2.73. The second-order valence-corrected chi connectivity index (χ2v) is 6.09. The van der Waals surface area contributed by atoms with E-state index in [0.29, 0.717) is 0 Å². The highest BCUT2D eigenvalue weighted by Gasteiger charge is 2.30. The van der Waals surface area contributed by atoms with E-state index in [-0.39, 0.29) is 18.6 Å². The van der Waals surface area contributed by atoms with Gasteiger partial charge < -0.3 is 0 Å². The number of nitrogens with zero attached hydrogens (tertiary/aromatic N) is 3. The number of halogens is 1. The highest BCUT2D eigenvalue weighted by molar-refractivity contribution is 9.10. The minimum Gasteiger partial charge on any atom is -0.299 e. The Labute approximate surface area is 117 Å². The molecule has 18 heavy (non-hydrogen) atoms. The van der Waals surface area contributed by atoms with Crippen LogP contribution in [0.5, 0.6) is 0 Å². The number of carbonyl (C=O) groups is 2. The van der Waals surface area contributed by atoms with Crippen LogP contribution in [-0.2, 0) is 15.0 Å². The summed E-state index contributed by atoms with van der Waals surface area (Å²) in [5.41, 5.74) is 7.46. The molecule has 0 fully saturated rings. The van der Waals surface area contributed by atoms with E-state index in [2.05, 4.69) is 26.0 Å². The first-order chi connectivity index (χ1) is 8.37. The Morgan fingerprint density at radius 2 is 2.17 bits per heavy atom. The lowest BCUT2D eigenvalue weighted by Gasteiger charge is -2.21. The highest BCUT2D eigenvalue weighted by atomic mass is 79.9. The Hall–Kier alpha value is -1.17. The maximum atomic E-state index is 12.1. The summed E-state index contributed by atoms with van der Waals surface area (Å²) < 4.78 is 0.938. The molecule has 0 aliphatic heterocycles. The molecule has 1 heterocycles. The average molecular weight is 330 g/mol. The summed E-state index contributed by atoms with van der Waals surface area (Å²) in [4.78, 5) is 26.5. The monoisotopic (exact) mass is 329 g/mol. The first kappa shape index (κ1) is 14.9. The fraction of sp³-hybridized carbons (Fsp3) is 0.455. The van der Waals surface area contributed by atoms with Crippen LogP contribution in [0.2, 0.25) is 0 Å². The van der Waals surface area contributed by atoms with Crippen molar-refractivity contribution in [3.63, 3.8) is 0 Å². The number of ketones is 1. The van der Waals surface area contributed by atoms with Crippen LogP contribution in [-0.4, -0.2) is 11.7 Å². The number of thiophene rings is 1. The lowest BCUT2D eigenvalue weighted by molar-refractivity contribution is -0.126. The van der Waals surface area contributed by atoms with Gasteiger partial charge in [-0.15, -0.1) is 11.3 Å². The van der Waals surface area contributed by atoms with E-state index in [1.807, 2.05) is 25.3 Å². The van der Waals surface area contributed by atoms with Crippen molar-refractivity contribution >= 4 is 39.0 Å². The number of rotatable bonds is 5. The summed E-state index contributed by atoms with van der Waals surface area (Å²) in [6.07, 6.45) is 0.0409. The standard InChI is InChI=1S/C11H12BrN3O2S/c1-11(2,9-5-7(12)6-18-9)8(16)3-4-10(17)14-15-13/h5-6H,3-4H2,1-2H3. The van der Waals surface area contributed by atoms with Gasteiger partial charge in [0.15, 0.2) is 0 Å². The summed E-state index contributed by atoms with van der Waals surface area (Å²) in [5, 5.41) is 4.85. The minimum atomic E-state index is -0.632. The Kier molecular flexibility index (Phi) is 5.07. The zero-order valence-electron chi connectivity index (χ0n) is 10.0. The molecule has 0 saturated heterocycles. The molecule has 0 aliphatic carbocycles. The molecule has 5 nitrogen and oxygen atoms in total. The SMILES string of the molecule is CC(C)(C(=O)CCC(=O)N=[N+]=[N-])c1cc(Br)cs1. The van der Waals surface area contributed by atoms with Crippen molar-refractivity contribution in [1.29, 1.82) is 0 Å². The van der Waals surface area contributed by atoms with Gasteiger partial charge in [0.1, 0.15) is 5.78 Å². The first-order valence-corrected chi connectivity index (χ1v) is 6.91. The molecule has 0 aromatic carbocycles. The predicted molar refractivity (Wildman–Crippen MR) is 73.4 cm³/mol. The van der Waals surface area contributed by atoms with Crippen LogP contribution < -0.4 is 0 Å². The lowest BCUT2D eigenvalue weighted by atomic mass is 9.84. The number of hydrogen-bond acceptors (Lipinski definition) is 3. The number of hydrogen-bond donors (Lipinski definition) is 0. The molecule has 0 saturated carbocycles. The van der Waals surface area contributed by atoms with E-state index >= 15 is 0 Å². The molecule has 1 aromatic rings. The Morgan fingerprint density at radius 1 is 1.50 bits per heavy atom. The third kappa shape index (κ3) is 3.66. The van der Waals surface area contributed by atoms with Gasteiger partial charge in [-0.05, 0) is 46.5 Å². The largest absolute Gasteiger partial charge is 0.299 e. The molecular formula is C11H12BrN3O2S. The van der Waals surface area contributed by atoms with E-state index < -0.39 is 11.3 Å². The smallest absolute Gasteiger partial charge is 0.219 e. The van der Waals surface area contributed by atoms with Gasteiger partial charge >= 0.3 is 0 Å². The predicted octanol–water partition coefficient (Wildman–Crippen LogP) is 3.97. The third-order valence-electron chi connectivity index (χ3n) is 2.60. The molecule has 0 N–H and O–H groups in total. The van der Waals surface area contributed by atoms with Gasteiger partial charge in [-0.3, -0.25) is 9.59 Å². The summed E-state index contributed by atoms with van der Waals surface area (Å²) in [5.74, 6) is -0.646. The minimum absolute atomic E-state index is 0.0428. The van der Waals surface area contributed by atoms with Crippen molar-refractivity contribution in [3.8, 4) is 0 Å². The number of Topliss-reactive ketones (excluding diaryl/α,β-unsaturated/α-hetero) is 1. The van der Waals surface area contributed by atoms with Gasteiger partial charge in [0.05, 0.1) is 5.41 Å². The Bertz CT molecular complexity index is 518. The maximum absolute atomic E-state index is 12.1. The number of azide groups is 1. The van der Waals surface area contributed by atoms with E-state index in [4.69, 9.17) is 5.53 Å². The van der Waals surface area contributed by atoms with E-state index in [1.165, 1.54) is 11.3 Å². The zero-order chi connectivity index (χ0) is 13.8. The van der Waals surface area contributed by atoms with Crippen molar-refractivity contribution in [3.05, 3.63) is 31.2 Å². The van der Waals surface area contributed by atoms with Gasteiger partial charge in [0.2, 0.25) is 5.91 Å². The molecule has 0 aliphatic rings. The van der Waals surface area contributed by atoms with Crippen LogP contribution in [0.4, 0.5) is 0 Å². The van der Waals surface area contributed by atoms with Crippen LogP contribution >= 0.6 is 27.3 Å². The van der Waals surface area contributed by atoms with Crippen LogP contribution in [0.15, 0.2) is 21.0 Å². The number of amides is 1. The fourth-order valence-corrected chi connectivity index (χ4v) is 2.98. The van der Waals surface area contributed by atoms with Gasteiger partial charge in [-0.2, -0.15) is 0 Å². The quantitative estimate of drug-likeness (QED) is 0.465. The summed E-state index contributed by atoms with van der Waals surface area (Å²) in [6, 6.07) is 1.90. The molecule has 1 rings (SSSR count). The van der Waals surface area contributed by atoms with Crippen LogP contribution in [0.1, 0.15) is 31.6 Å². The molecule has 0 unspecified atom stereocenters. The van der Waals surface area contributed by atoms with Crippen molar-refractivity contribution in [1.82, 2.24) is 0 Å². The van der Waals surface area contributed by atoms with Crippen molar-refractivity contribution in [2.24, 2.45) is 5.11 Å². The Morgan fingerprint density at radius 3 is 2.67 bits per heavy atom. The molecule has 7 heteroatoms. The summed E-state index contributed by atoms with van der Waals surface area (Å²) >= 11 is 4.84. The molecule has 1 aromatic heterocycles. The second kappa shape index (κ2) is 6.13. The third-order valence-corrected chi connectivity index (χ3v) is 4.62. The molecule has 0 atom stereocenters. The van der Waals surface area contributed by atoms with E-state index in [0.717, 1.165) is 9.35 Å². The molecule has 96 valence electrons. The maximum Gasteiger partial charge on any atom is 0.219 e. The highest BCUT2D eigenvalue weighted by Crippen LogP contribution is 2.33. The van der Waals surface area contributed by atoms with Crippen LogP contribution in [0.3, 0.4) is 0 Å². The Balaban J connectivity index is 2.71.